The first-order chi connectivity index (χ1) is 7.66. The molecular weight excluding hydrogens is 204 g/mol. The van der Waals surface area contributed by atoms with E-state index in [1.165, 1.54) is 0 Å². The summed E-state index contributed by atoms with van der Waals surface area (Å²) in [6.45, 7) is 2.93. The summed E-state index contributed by atoms with van der Waals surface area (Å²) in [5, 5.41) is 3.35. The first kappa shape index (κ1) is 11.2. The molecule has 2 atom stereocenters. The molecule has 2 heterocycles. The fourth-order valence-electron chi connectivity index (χ4n) is 2.11. The molecule has 1 aliphatic rings. The van der Waals surface area contributed by atoms with Crippen LogP contribution in [0.5, 0.6) is 0 Å². The SMILES string of the molecule is CC(Cc1ccco1)NC1CCN(C)C1=O. The van der Waals surface area contributed by atoms with Gasteiger partial charge in [-0.3, -0.25) is 4.79 Å². The Morgan fingerprint density at radius 1 is 1.69 bits per heavy atom. The van der Waals surface area contributed by atoms with E-state index in [0.29, 0.717) is 0 Å². The molecule has 16 heavy (non-hydrogen) atoms. The number of furan rings is 1. The van der Waals surface area contributed by atoms with Crippen LogP contribution in [-0.4, -0.2) is 36.5 Å². The number of hydrogen-bond donors (Lipinski definition) is 1. The van der Waals surface area contributed by atoms with Gasteiger partial charge in [0.2, 0.25) is 5.91 Å². The van der Waals surface area contributed by atoms with Crippen molar-refractivity contribution in [1.29, 1.82) is 0 Å². The quantitative estimate of drug-likeness (QED) is 0.827. The number of carbonyl (C=O) groups is 1. The van der Waals surface area contributed by atoms with Gasteiger partial charge in [0.1, 0.15) is 5.76 Å². The molecule has 4 heteroatoms. The minimum Gasteiger partial charge on any atom is -0.469 e. The third-order valence-electron chi connectivity index (χ3n) is 3.00. The second-order valence-corrected chi connectivity index (χ2v) is 4.45. The van der Waals surface area contributed by atoms with Gasteiger partial charge in [-0.25, -0.2) is 0 Å². The number of amides is 1. The lowest BCUT2D eigenvalue weighted by molar-refractivity contribution is -0.128. The third-order valence-corrected chi connectivity index (χ3v) is 3.00. The van der Waals surface area contributed by atoms with Crippen LogP contribution >= 0.6 is 0 Å². The molecule has 2 unspecified atom stereocenters. The number of likely N-dealkylation sites (tertiary alicyclic amines) is 1. The van der Waals surface area contributed by atoms with Gasteiger partial charge in [0.15, 0.2) is 0 Å². The van der Waals surface area contributed by atoms with Gasteiger partial charge < -0.3 is 14.6 Å². The maximum atomic E-state index is 11.7. The zero-order valence-electron chi connectivity index (χ0n) is 9.77. The van der Waals surface area contributed by atoms with Crippen LogP contribution in [0.15, 0.2) is 22.8 Å². The number of hydrogen-bond acceptors (Lipinski definition) is 3. The summed E-state index contributed by atoms with van der Waals surface area (Å²) in [6, 6.07) is 4.08. The summed E-state index contributed by atoms with van der Waals surface area (Å²) in [4.78, 5) is 13.5. The normalized spacial score (nSPS) is 22.8. The Morgan fingerprint density at radius 2 is 2.50 bits per heavy atom. The summed E-state index contributed by atoms with van der Waals surface area (Å²) in [5.41, 5.74) is 0. The summed E-state index contributed by atoms with van der Waals surface area (Å²) in [5.74, 6) is 1.16. The molecular formula is C12H18N2O2. The predicted octanol–water partition coefficient (Wildman–Crippen LogP) is 1.03. The van der Waals surface area contributed by atoms with Crippen LogP contribution in [0.4, 0.5) is 0 Å². The minimum absolute atomic E-state index is 0.0186. The lowest BCUT2D eigenvalue weighted by Crippen LogP contribution is -2.42. The number of likely N-dealkylation sites (N-methyl/N-ethyl adjacent to an activating group) is 1. The van der Waals surface area contributed by atoms with E-state index in [9.17, 15) is 4.79 Å². The molecule has 0 radical (unpaired) electrons. The van der Waals surface area contributed by atoms with Crippen molar-refractivity contribution in [3.8, 4) is 0 Å². The number of nitrogens with one attached hydrogen (secondary N) is 1. The highest BCUT2D eigenvalue weighted by atomic mass is 16.3. The highest BCUT2D eigenvalue weighted by molar-refractivity contribution is 5.83. The maximum absolute atomic E-state index is 11.7. The van der Waals surface area contributed by atoms with E-state index < -0.39 is 0 Å². The van der Waals surface area contributed by atoms with Crippen LogP contribution in [0.1, 0.15) is 19.1 Å². The molecule has 0 saturated carbocycles. The van der Waals surface area contributed by atoms with Crippen molar-refractivity contribution in [2.75, 3.05) is 13.6 Å². The van der Waals surface area contributed by atoms with Gasteiger partial charge in [-0.1, -0.05) is 0 Å². The van der Waals surface area contributed by atoms with Gasteiger partial charge >= 0.3 is 0 Å². The van der Waals surface area contributed by atoms with Gasteiger partial charge in [-0.2, -0.15) is 0 Å². The third kappa shape index (κ3) is 2.44. The van der Waals surface area contributed by atoms with Crippen molar-refractivity contribution in [3.63, 3.8) is 0 Å². The van der Waals surface area contributed by atoms with Crippen molar-refractivity contribution in [2.45, 2.75) is 31.8 Å². The Bertz CT molecular complexity index is 348. The lowest BCUT2D eigenvalue weighted by Gasteiger charge is -2.17. The smallest absolute Gasteiger partial charge is 0.239 e. The van der Waals surface area contributed by atoms with Crippen molar-refractivity contribution in [2.24, 2.45) is 0 Å². The molecule has 0 spiro atoms. The standard InChI is InChI=1S/C12H18N2O2/c1-9(8-10-4-3-7-16-10)13-11-5-6-14(2)12(11)15/h3-4,7,9,11,13H,5-6,8H2,1-2H3. The zero-order chi connectivity index (χ0) is 11.5. The number of nitrogens with zero attached hydrogens (tertiary/aromatic N) is 1. The van der Waals surface area contributed by atoms with E-state index in [0.717, 1.165) is 25.1 Å². The fourth-order valence-corrected chi connectivity index (χ4v) is 2.11. The molecule has 0 aromatic carbocycles. The molecule has 1 aromatic heterocycles. The zero-order valence-corrected chi connectivity index (χ0v) is 9.77. The highest BCUT2D eigenvalue weighted by Gasteiger charge is 2.29. The first-order valence-electron chi connectivity index (χ1n) is 5.70. The van der Waals surface area contributed by atoms with Crippen LogP contribution in [0.2, 0.25) is 0 Å². The Hall–Kier alpha value is -1.29. The Labute approximate surface area is 95.6 Å². The fraction of sp³-hybridized carbons (Fsp3) is 0.583. The predicted molar refractivity (Wildman–Crippen MR) is 61.1 cm³/mol. The number of rotatable bonds is 4. The van der Waals surface area contributed by atoms with Crippen LogP contribution < -0.4 is 5.32 Å². The van der Waals surface area contributed by atoms with Gasteiger partial charge in [0.05, 0.1) is 12.3 Å². The highest BCUT2D eigenvalue weighted by Crippen LogP contribution is 2.11. The van der Waals surface area contributed by atoms with Crippen LogP contribution in [0.3, 0.4) is 0 Å². The molecule has 1 N–H and O–H groups in total. The molecule has 1 amide bonds. The van der Waals surface area contributed by atoms with Crippen molar-refractivity contribution in [3.05, 3.63) is 24.2 Å². The largest absolute Gasteiger partial charge is 0.469 e. The summed E-state index contributed by atoms with van der Waals surface area (Å²) >= 11 is 0. The van der Waals surface area contributed by atoms with Gasteiger partial charge in [0.25, 0.3) is 0 Å². The van der Waals surface area contributed by atoms with E-state index in [1.54, 1.807) is 11.2 Å². The average molecular weight is 222 g/mol. The monoisotopic (exact) mass is 222 g/mol. The van der Waals surface area contributed by atoms with Gasteiger partial charge in [0, 0.05) is 26.1 Å². The van der Waals surface area contributed by atoms with Gasteiger partial charge in [-0.05, 0) is 25.5 Å². The van der Waals surface area contributed by atoms with E-state index in [-0.39, 0.29) is 18.0 Å². The van der Waals surface area contributed by atoms with Crippen molar-refractivity contribution < 1.29 is 9.21 Å². The van der Waals surface area contributed by atoms with E-state index in [2.05, 4.69) is 12.2 Å². The van der Waals surface area contributed by atoms with Crippen LogP contribution in [0.25, 0.3) is 0 Å². The van der Waals surface area contributed by atoms with Gasteiger partial charge in [-0.15, -0.1) is 0 Å². The molecule has 1 aromatic rings. The summed E-state index contributed by atoms with van der Waals surface area (Å²) in [6.07, 6.45) is 3.40. The molecule has 4 nitrogen and oxygen atoms in total. The second kappa shape index (κ2) is 4.70. The van der Waals surface area contributed by atoms with Crippen LogP contribution in [-0.2, 0) is 11.2 Å². The lowest BCUT2D eigenvalue weighted by atomic mass is 10.1. The average Bonchev–Trinajstić information content (AvgIpc) is 2.83. The Kier molecular flexibility index (Phi) is 3.29. The minimum atomic E-state index is -0.0186. The van der Waals surface area contributed by atoms with E-state index in [4.69, 9.17) is 4.42 Å². The Morgan fingerprint density at radius 3 is 3.06 bits per heavy atom. The first-order valence-corrected chi connectivity index (χ1v) is 5.70. The summed E-state index contributed by atoms with van der Waals surface area (Å²) < 4.78 is 5.28. The Balaban J connectivity index is 1.83. The van der Waals surface area contributed by atoms with Crippen molar-refractivity contribution in [1.82, 2.24) is 10.2 Å². The van der Waals surface area contributed by atoms with Crippen molar-refractivity contribution >= 4 is 5.91 Å². The van der Waals surface area contributed by atoms with E-state index >= 15 is 0 Å². The molecule has 1 fully saturated rings. The molecule has 2 rings (SSSR count). The van der Waals surface area contributed by atoms with Crippen LogP contribution in [0, 0.1) is 0 Å². The topological polar surface area (TPSA) is 45.5 Å². The molecule has 1 aliphatic heterocycles. The van der Waals surface area contributed by atoms with E-state index in [1.807, 2.05) is 19.2 Å². The second-order valence-electron chi connectivity index (χ2n) is 4.45. The maximum Gasteiger partial charge on any atom is 0.239 e. The molecule has 0 aliphatic carbocycles. The molecule has 0 bridgehead atoms. The molecule has 1 saturated heterocycles. The molecule has 88 valence electrons. The summed E-state index contributed by atoms with van der Waals surface area (Å²) in [7, 11) is 1.85. The number of carbonyl (C=O) groups excluding carboxylic acids is 1.